The third-order valence-electron chi connectivity index (χ3n) is 4.27. The van der Waals surface area contributed by atoms with Crippen LogP contribution in [0.3, 0.4) is 0 Å². The van der Waals surface area contributed by atoms with Gasteiger partial charge in [-0.2, -0.15) is 13.2 Å². The Morgan fingerprint density at radius 2 is 1.90 bits per heavy atom. The van der Waals surface area contributed by atoms with Gasteiger partial charge in [-0.1, -0.05) is 31.6 Å². The van der Waals surface area contributed by atoms with Crippen LogP contribution in [0, 0.1) is 0 Å². The molecule has 2 unspecified atom stereocenters. The number of aliphatic hydroxyl groups excluding tert-OH is 1. The highest BCUT2D eigenvalue weighted by Gasteiger charge is 2.39. The first kappa shape index (κ1) is 28.4. The predicted octanol–water partition coefficient (Wildman–Crippen LogP) is 5.32. The van der Waals surface area contributed by atoms with Crippen LogP contribution in [0.2, 0.25) is 0 Å². The molecule has 174 valence electrons. The van der Waals surface area contributed by atoms with Crippen molar-refractivity contribution in [3.8, 4) is 0 Å². The number of halogens is 3. The molecule has 0 fully saturated rings. The van der Waals surface area contributed by atoms with Crippen molar-refractivity contribution >= 4 is 12.8 Å². The molecule has 2 rings (SSSR count). The Kier molecular flexibility index (Phi) is 12.5. The van der Waals surface area contributed by atoms with Crippen molar-refractivity contribution in [1.82, 2.24) is 0 Å². The SMILES string of the molecule is C=O.CC.CCOC(=O)/C(=C/OC(O)C=C(C)C)C1CCc2c1cccc2C(F)(F)F. The van der Waals surface area contributed by atoms with Gasteiger partial charge in [0.2, 0.25) is 6.29 Å². The van der Waals surface area contributed by atoms with Gasteiger partial charge in [0.15, 0.2) is 0 Å². The van der Waals surface area contributed by atoms with Gasteiger partial charge < -0.3 is 19.4 Å². The number of fused-ring (bicyclic) bond motifs is 1. The first-order chi connectivity index (χ1) is 14.6. The van der Waals surface area contributed by atoms with E-state index >= 15 is 0 Å². The minimum Gasteiger partial charge on any atom is -0.468 e. The Bertz CT molecular complexity index is 765. The van der Waals surface area contributed by atoms with Crippen molar-refractivity contribution < 1.29 is 37.3 Å². The molecule has 0 bridgehead atoms. The van der Waals surface area contributed by atoms with Crippen molar-refractivity contribution in [2.75, 3.05) is 6.61 Å². The molecule has 0 saturated heterocycles. The van der Waals surface area contributed by atoms with Crippen LogP contribution < -0.4 is 0 Å². The number of alkyl halides is 3. The summed E-state index contributed by atoms with van der Waals surface area (Å²) >= 11 is 0. The summed E-state index contributed by atoms with van der Waals surface area (Å²) in [5.41, 5.74) is 0.849. The van der Waals surface area contributed by atoms with Crippen LogP contribution in [0.4, 0.5) is 13.2 Å². The Hall–Kier alpha value is -2.61. The van der Waals surface area contributed by atoms with E-state index in [1.807, 2.05) is 20.6 Å². The molecule has 0 heterocycles. The van der Waals surface area contributed by atoms with Gasteiger partial charge in [0.05, 0.1) is 24.0 Å². The molecule has 8 heteroatoms. The fraction of sp³-hybridized carbons (Fsp3) is 0.478. The van der Waals surface area contributed by atoms with Crippen molar-refractivity contribution in [3.63, 3.8) is 0 Å². The van der Waals surface area contributed by atoms with Gasteiger partial charge in [0.25, 0.3) is 0 Å². The highest BCUT2D eigenvalue weighted by molar-refractivity contribution is 5.90. The van der Waals surface area contributed by atoms with Crippen molar-refractivity contribution in [1.29, 1.82) is 0 Å². The minimum atomic E-state index is -4.45. The number of benzene rings is 1. The van der Waals surface area contributed by atoms with Crippen molar-refractivity contribution in [2.24, 2.45) is 0 Å². The zero-order chi connectivity index (χ0) is 24.2. The lowest BCUT2D eigenvalue weighted by Crippen LogP contribution is -2.16. The molecule has 0 amide bonds. The monoisotopic (exact) mass is 444 g/mol. The number of esters is 1. The van der Waals surface area contributed by atoms with E-state index in [0.29, 0.717) is 12.0 Å². The van der Waals surface area contributed by atoms with Gasteiger partial charge >= 0.3 is 12.1 Å². The Balaban J connectivity index is 0.00000212. The van der Waals surface area contributed by atoms with Crippen LogP contribution in [0.15, 0.2) is 41.7 Å². The van der Waals surface area contributed by atoms with Crippen LogP contribution >= 0.6 is 0 Å². The highest BCUT2D eigenvalue weighted by atomic mass is 19.4. The molecule has 0 spiro atoms. The van der Waals surface area contributed by atoms with Gasteiger partial charge in [-0.3, -0.25) is 0 Å². The number of carbonyl (C=O) groups is 2. The van der Waals surface area contributed by atoms with E-state index < -0.39 is 29.9 Å². The number of allylic oxidation sites excluding steroid dienone is 1. The summed E-state index contributed by atoms with van der Waals surface area (Å²) < 4.78 is 50.0. The van der Waals surface area contributed by atoms with Gasteiger partial charge in [-0.05, 0) is 56.9 Å². The summed E-state index contributed by atoms with van der Waals surface area (Å²) in [6.07, 6.45) is -2.64. The lowest BCUT2D eigenvalue weighted by Gasteiger charge is -2.17. The molecule has 1 aromatic rings. The predicted molar refractivity (Wildman–Crippen MR) is 112 cm³/mol. The lowest BCUT2D eigenvalue weighted by atomic mass is 9.92. The largest absolute Gasteiger partial charge is 0.468 e. The van der Waals surface area contributed by atoms with E-state index in [9.17, 15) is 23.1 Å². The number of hydrogen-bond donors (Lipinski definition) is 1. The molecular formula is C23H31F3O5. The lowest BCUT2D eigenvalue weighted by molar-refractivity contribution is -0.139. The van der Waals surface area contributed by atoms with E-state index in [-0.39, 0.29) is 24.2 Å². The highest BCUT2D eigenvalue weighted by Crippen LogP contribution is 2.44. The maximum Gasteiger partial charge on any atom is 0.416 e. The van der Waals surface area contributed by atoms with Gasteiger partial charge in [-0.25, -0.2) is 4.79 Å². The first-order valence-corrected chi connectivity index (χ1v) is 9.98. The zero-order valence-electron chi connectivity index (χ0n) is 18.6. The Morgan fingerprint density at radius 3 is 2.42 bits per heavy atom. The number of ether oxygens (including phenoxy) is 2. The molecule has 1 N–H and O–H groups in total. The van der Waals surface area contributed by atoms with Crippen LogP contribution in [0.5, 0.6) is 0 Å². The van der Waals surface area contributed by atoms with Crippen molar-refractivity contribution in [2.45, 2.75) is 65.8 Å². The topological polar surface area (TPSA) is 72.8 Å². The maximum atomic E-state index is 13.3. The van der Waals surface area contributed by atoms with Crippen LogP contribution in [-0.2, 0) is 31.7 Å². The average Bonchev–Trinajstić information content (AvgIpc) is 3.14. The summed E-state index contributed by atoms with van der Waals surface area (Å²) in [5, 5.41) is 9.82. The second-order valence-electron chi connectivity index (χ2n) is 6.53. The third kappa shape index (κ3) is 8.20. The molecule has 1 aromatic carbocycles. The third-order valence-corrected chi connectivity index (χ3v) is 4.27. The van der Waals surface area contributed by atoms with E-state index in [1.54, 1.807) is 26.8 Å². The number of rotatable bonds is 6. The molecule has 5 nitrogen and oxygen atoms in total. The molecule has 0 saturated carbocycles. The molecule has 1 aliphatic carbocycles. The smallest absolute Gasteiger partial charge is 0.416 e. The number of aliphatic hydroxyl groups is 1. The van der Waals surface area contributed by atoms with Gasteiger partial charge in [-0.15, -0.1) is 0 Å². The summed E-state index contributed by atoms with van der Waals surface area (Å²) in [6, 6.07) is 3.97. The van der Waals surface area contributed by atoms with E-state index in [1.165, 1.54) is 12.1 Å². The zero-order valence-corrected chi connectivity index (χ0v) is 18.6. The van der Waals surface area contributed by atoms with Gasteiger partial charge in [0, 0.05) is 5.92 Å². The summed E-state index contributed by atoms with van der Waals surface area (Å²) in [5.74, 6) is -1.25. The second-order valence-corrected chi connectivity index (χ2v) is 6.53. The molecule has 0 aliphatic heterocycles. The van der Waals surface area contributed by atoms with Crippen LogP contribution in [0.25, 0.3) is 0 Å². The second kappa shape index (κ2) is 13.6. The Labute approximate surface area is 181 Å². The molecular weight excluding hydrogens is 413 g/mol. The first-order valence-electron chi connectivity index (χ1n) is 9.98. The summed E-state index contributed by atoms with van der Waals surface area (Å²) in [7, 11) is 0. The molecule has 0 aromatic heterocycles. The summed E-state index contributed by atoms with van der Waals surface area (Å²) in [4.78, 5) is 20.4. The maximum absolute atomic E-state index is 13.3. The number of carbonyl (C=O) groups excluding carboxylic acids is 2. The van der Waals surface area contributed by atoms with E-state index in [0.717, 1.165) is 17.9 Å². The van der Waals surface area contributed by atoms with Crippen LogP contribution in [-0.4, -0.2) is 30.8 Å². The molecule has 0 radical (unpaired) electrons. The van der Waals surface area contributed by atoms with E-state index in [4.69, 9.17) is 14.3 Å². The van der Waals surface area contributed by atoms with Gasteiger partial charge in [0.1, 0.15) is 6.79 Å². The minimum absolute atomic E-state index is 0.0936. The normalized spacial score (nSPS) is 15.9. The standard InChI is InChI=1S/C20H23F3O4.C2H6.CH2O/c1-4-26-19(25)16(11-27-18(24)10-12(2)3)14-8-9-15-13(14)6-5-7-17(15)20(21,22)23;2*1-2/h5-7,10-11,14,18,24H,4,8-9H2,1-3H3;1-2H3;1H2/b16-11+;;. The Morgan fingerprint density at radius 1 is 1.29 bits per heavy atom. The summed E-state index contributed by atoms with van der Waals surface area (Å²) in [6.45, 7) is 11.3. The van der Waals surface area contributed by atoms with Crippen molar-refractivity contribution in [3.05, 3.63) is 58.4 Å². The molecule has 31 heavy (non-hydrogen) atoms. The molecule has 2 atom stereocenters. The van der Waals surface area contributed by atoms with E-state index in [2.05, 4.69) is 0 Å². The quantitative estimate of drug-likeness (QED) is 0.211. The fourth-order valence-corrected chi connectivity index (χ4v) is 3.20. The fourth-order valence-electron chi connectivity index (χ4n) is 3.20. The average molecular weight is 444 g/mol. The number of hydrogen-bond acceptors (Lipinski definition) is 5. The molecule has 1 aliphatic rings. The van der Waals surface area contributed by atoms with Crippen LogP contribution in [0.1, 0.15) is 63.6 Å².